The Morgan fingerprint density at radius 2 is 2.32 bits per heavy atom. The van der Waals surface area contributed by atoms with Crippen LogP contribution in [0.4, 0.5) is 8.78 Å². The number of aryl methyl sites for hydroxylation is 1. The normalized spacial score (nSPS) is 18.3. The Morgan fingerprint density at radius 3 is 3.04 bits per heavy atom. The van der Waals surface area contributed by atoms with Crippen molar-refractivity contribution in [2.24, 2.45) is 0 Å². The monoisotopic (exact) mass is 353 g/mol. The van der Waals surface area contributed by atoms with Gasteiger partial charge in [-0.3, -0.25) is 4.79 Å². The zero-order valence-corrected chi connectivity index (χ0v) is 14.3. The van der Waals surface area contributed by atoms with E-state index in [-0.39, 0.29) is 28.5 Å². The predicted molar refractivity (Wildman–Crippen MR) is 86.5 cm³/mol. The summed E-state index contributed by atoms with van der Waals surface area (Å²) >= 11 is 0. The lowest BCUT2D eigenvalue weighted by atomic mass is 9.92. The highest BCUT2D eigenvalue weighted by molar-refractivity contribution is 5.80. The van der Waals surface area contributed by atoms with E-state index in [0.717, 1.165) is 12.8 Å². The molecule has 1 fully saturated rings. The van der Waals surface area contributed by atoms with Gasteiger partial charge in [-0.2, -0.15) is 0 Å². The molecule has 1 aliphatic heterocycles. The van der Waals surface area contributed by atoms with Gasteiger partial charge in [-0.15, -0.1) is 0 Å². The molecule has 0 aliphatic carbocycles. The van der Waals surface area contributed by atoms with Crippen molar-refractivity contribution in [2.45, 2.75) is 38.5 Å². The molecule has 1 aliphatic rings. The van der Waals surface area contributed by atoms with Crippen LogP contribution in [-0.2, 0) is 9.53 Å². The van der Waals surface area contributed by atoms with Gasteiger partial charge < -0.3 is 14.2 Å². The first-order chi connectivity index (χ1) is 12.0. The molecule has 8 heteroatoms. The minimum Gasteiger partial charge on any atom is -0.384 e. The predicted octanol–water partition coefficient (Wildman–Crippen LogP) is 3.21. The van der Waals surface area contributed by atoms with Crippen LogP contribution in [-0.4, -0.2) is 47.8 Å². The summed E-state index contributed by atoms with van der Waals surface area (Å²) in [5, 5.41) is 4.03. The van der Waals surface area contributed by atoms with E-state index in [1.54, 1.807) is 18.9 Å². The zero-order valence-electron chi connectivity index (χ0n) is 14.3. The molecule has 1 saturated heterocycles. The van der Waals surface area contributed by atoms with Gasteiger partial charge in [0, 0.05) is 37.4 Å². The third kappa shape index (κ3) is 3.63. The number of nitrogens with zero attached hydrogens (tertiary/aromatic N) is 3. The molecule has 25 heavy (non-hydrogen) atoms. The number of halogens is 2. The Morgan fingerprint density at radius 1 is 1.52 bits per heavy atom. The van der Waals surface area contributed by atoms with Crippen LogP contribution in [0, 0.1) is 6.92 Å². The maximum absolute atomic E-state index is 13.5. The number of alkyl halides is 2. The van der Waals surface area contributed by atoms with Crippen molar-refractivity contribution in [3.05, 3.63) is 23.0 Å². The molecule has 3 rings (SSSR count). The summed E-state index contributed by atoms with van der Waals surface area (Å²) in [6, 6.07) is 1.44. The van der Waals surface area contributed by atoms with E-state index in [4.69, 9.17) is 9.26 Å². The summed E-state index contributed by atoms with van der Waals surface area (Å²) in [4.78, 5) is 18.4. The maximum Gasteiger partial charge on any atom is 0.264 e. The van der Waals surface area contributed by atoms with Gasteiger partial charge in [-0.1, -0.05) is 5.16 Å². The molecule has 3 heterocycles. The van der Waals surface area contributed by atoms with E-state index < -0.39 is 6.43 Å². The highest BCUT2D eigenvalue weighted by Gasteiger charge is 2.28. The second-order valence-corrected chi connectivity index (χ2v) is 6.31. The number of likely N-dealkylation sites (tertiary alicyclic amines) is 1. The minimum absolute atomic E-state index is 0.0113. The van der Waals surface area contributed by atoms with Gasteiger partial charge in [0.25, 0.3) is 12.1 Å². The van der Waals surface area contributed by atoms with Crippen molar-refractivity contribution in [2.75, 3.05) is 26.8 Å². The van der Waals surface area contributed by atoms with E-state index in [1.807, 2.05) is 0 Å². The molecular formula is C17H21F2N3O3. The number of hydrogen-bond donors (Lipinski definition) is 0. The number of carbonyl (C=O) groups excluding carboxylic acids is 1. The smallest absolute Gasteiger partial charge is 0.264 e. The molecule has 0 bridgehead atoms. The average molecular weight is 353 g/mol. The first kappa shape index (κ1) is 17.7. The molecule has 0 spiro atoms. The van der Waals surface area contributed by atoms with Gasteiger partial charge in [-0.05, 0) is 25.8 Å². The Labute approximate surface area is 144 Å². The molecule has 0 unspecified atom stereocenters. The van der Waals surface area contributed by atoms with E-state index >= 15 is 0 Å². The van der Waals surface area contributed by atoms with Crippen molar-refractivity contribution in [3.8, 4) is 0 Å². The van der Waals surface area contributed by atoms with Crippen LogP contribution in [0.25, 0.3) is 11.1 Å². The quantitative estimate of drug-likeness (QED) is 0.826. The largest absolute Gasteiger partial charge is 0.384 e. The van der Waals surface area contributed by atoms with E-state index in [1.165, 1.54) is 6.07 Å². The number of carbonyl (C=O) groups is 1. The van der Waals surface area contributed by atoms with Gasteiger partial charge >= 0.3 is 0 Å². The standard InChI is InChI=1S/C17H21F2N3O3/c1-10-15-12(16(18)19)8-13(20-17(15)25-21-10)11-4-3-6-22(9-11)14(23)5-7-24-2/h8,11,16H,3-7,9H2,1-2H3/t11-/m0/s1. The second-order valence-electron chi connectivity index (χ2n) is 6.31. The number of ether oxygens (including phenoxy) is 1. The third-order valence-corrected chi connectivity index (χ3v) is 4.61. The second kappa shape index (κ2) is 7.43. The molecule has 1 atom stereocenters. The van der Waals surface area contributed by atoms with Crippen molar-refractivity contribution >= 4 is 17.0 Å². The first-order valence-corrected chi connectivity index (χ1v) is 8.33. The van der Waals surface area contributed by atoms with Crippen LogP contribution in [0.1, 0.15) is 48.6 Å². The molecule has 2 aromatic heterocycles. The van der Waals surface area contributed by atoms with E-state index in [9.17, 15) is 13.6 Å². The number of piperidine rings is 1. The molecule has 0 aromatic carbocycles. The highest BCUT2D eigenvalue weighted by atomic mass is 19.3. The summed E-state index contributed by atoms with van der Waals surface area (Å²) < 4.78 is 37.0. The van der Waals surface area contributed by atoms with Crippen LogP contribution >= 0.6 is 0 Å². The average Bonchev–Trinajstić information content (AvgIpc) is 3.00. The number of methoxy groups -OCH3 is 1. The minimum atomic E-state index is -2.63. The van der Waals surface area contributed by atoms with Gasteiger partial charge in [-0.25, -0.2) is 13.8 Å². The lowest BCUT2D eigenvalue weighted by Gasteiger charge is -2.32. The summed E-state index contributed by atoms with van der Waals surface area (Å²) in [5.41, 5.74) is 0.960. The number of pyridine rings is 1. The Kier molecular flexibility index (Phi) is 5.27. The van der Waals surface area contributed by atoms with Gasteiger partial charge in [0.05, 0.1) is 24.1 Å². The fourth-order valence-corrected chi connectivity index (χ4v) is 3.32. The number of amides is 1. The maximum atomic E-state index is 13.5. The molecule has 0 radical (unpaired) electrons. The first-order valence-electron chi connectivity index (χ1n) is 8.33. The number of aromatic nitrogens is 2. The molecular weight excluding hydrogens is 332 g/mol. The Balaban J connectivity index is 1.87. The van der Waals surface area contributed by atoms with Crippen LogP contribution < -0.4 is 0 Å². The van der Waals surface area contributed by atoms with Crippen LogP contribution in [0.15, 0.2) is 10.6 Å². The number of hydrogen-bond acceptors (Lipinski definition) is 5. The topological polar surface area (TPSA) is 68.5 Å². The Hall–Kier alpha value is -2.09. The zero-order chi connectivity index (χ0) is 18.0. The van der Waals surface area contributed by atoms with Crippen molar-refractivity contribution in [1.82, 2.24) is 15.0 Å². The molecule has 1 amide bonds. The van der Waals surface area contributed by atoms with Crippen molar-refractivity contribution in [1.29, 1.82) is 0 Å². The Bertz CT molecular complexity index is 763. The van der Waals surface area contributed by atoms with Crippen LogP contribution in [0.3, 0.4) is 0 Å². The lowest BCUT2D eigenvalue weighted by Crippen LogP contribution is -2.39. The molecule has 0 N–H and O–H groups in total. The fourth-order valence-electron chi connectivity index (χ4n) is 3.32. The summed E-state index contributed by atoms with van der Waals surface area (Å²) in [6.45, 7) is 3.13. The van der Waals surface area contributed by atoms with Crippen molar-refractivity contribution < 1.29 is 22.8 Å². The van der Waals surface area contributed by atoms with Crippen LogP contribution in [0.2, 0.25) is 0 Å². The SMILES string of the molecule is COCCC(=O)N1CCC[C@H](c2cc(C(F)F)c3c(C)noc3n2)C1. The van der Waals surface area contributed by atoms with Crippen molar-refractivity contribution in [3.63, 3.8) is 0 Å². The lowest BCUT2D eigenvalue weighted by molar-refractivity contribution is -0.133. The van der Waals surface area contributed by atoms with Gasteiger partial charge in [0.1, 0.15) is 0 Å². The molecule has 2 aromatic rings. The fraction of sp³-hybridized carbons (Fsp3) is 0.588. The molecule has 6 nitrogen and oxygen atoms in total. The summed E-state index contributed by atoms with van der Waals surface area (Å²) in [6.07, 6.45) is -0.713. The molecule has 136 valence electrons. The van der Waals surface area contributed by atoms with E-state index in [2.05, 4.69) is 10.1 Å². The summed E-state index contributed by atoms with van der Waals surface area (Å²) in [5.74, 6) is -0.0789. The van der Waals surface area contributed by atoms with Crippen LogP contribution in [0.5, 0.6) is 0 Å². The van der Waals surface area contributed by atoms with Gasteiger partial charge in [0.2, 0.25) is 5.91 Å². The molecule has 0 saturated carbocycles. The number of rotatable bonds is 5. The third-order valence-electron chi connectivity index (χ3n) is 4.61. The summed E-state index contributed by atoms with van der Waals surface area (Å²) in [7, 11) is 1.55. The van der Waals surface area contributed by atoms with Gasteiger partial charge in [0.15, 0.2) is 0 Å². The highest BCUT2D eigenvalue weighted by Crippen LogP contribution is 2.34. The number of fused-ring (bicyclic) bond motifs is 1. The van der Waals surface area contributed by atoms with E-state index in [0.29, 0.717) is 37.5 Å².